The van der Waals surface area contributed by atoms with Crippen molar-refractivity contribution in [2.75, 3.05) is 0 Å². The first-order valence-electron chi connectivity index (χ1n) is 35.5. The monoisotopic (exact) mass is 1340 g/mol. The van der Waals surface area contributed by atoms with E-state index in [-0.39, 0.29) is 10.8 Å². The Kier molecular flexibility index (Phi) is 16.0. The van der Waals surface area contributed by atoms with E-state index in [0.717, 1.165) is 82.6 Å². The molecule has 0 atom stereocenters. The third kappa shape index (κ3) is 11.0. The lowest BCUT2D eigenvalue weighted by Gasteiger charge is -2.39. The number of hydrogen-bond acceptors (Lipinski definition) is 3. The molecule has 3 heterocycles. The number of aromatic nitrogens is 5. The number of fused-ring (bicyclic) bond motifs is 6. The van der Waals surface area contributed by atoms with E-state index >= 15 is 0 Å². The molecular weight excluding hydrogens is 1270 g/mol. The molecular formula is C95H77N5Si2. The van der Waals surface area contributed by atoms with Gasteiger partial charge in [-0.15, -0.1) is 0 Å². The summed E-state index contributed by atoms with van der Waals surface area (Å²) in [6.07, 6.45) is 0. The Labute approximate surface area is 599 Å². The fraction of sp³-hybridized carbons (Fsp3) is 0.0842. The van der Waals surface area contributed by atoms with Crippen molar-refractivity contribution in [3.8, 4) is 56.7 Å². The summed E-state index contributed by atoms with van der Waals surface area (Å²) in [4.78, 5) is 17.9. The first-order valence-corrected chi connectivity index (χ1v) is 39.5. The second-order valence-electron chi connectivity index (χ2n) is 29.2. The van der Waals surface area contributed by atoms with Gasteiger partial charge in [-0.05, 0) is 133 Å². The van der Waals surface area contributed by atoms with Gasteiger partial charge in [0.1, 0.15) is 0 Å². The van der Waals surface area contributed by atoms with E-state index < -0.39 is 16.1 Å². The summed E-state index contributed by atoms with van der Waals surface area (Å²) >= 11 is 0. The van der Waals surface area contributed by atoms with E-state index in [0.29, 0.717) is 17.7 Å². The topological polar surface area (TPSA) is 48.5 Å². The molecule has 3 aromatic heterocycles. The zero-order chi connectivity index (χ0) is 69.2. The molecule has 0 N–H and O–H groups in total. The summed E-state index contributed by atoms with van der Waals surface area (Å²) in [5, 5.41) is 14.5. The van der Waals surface area contributed by atoms with Crippen molar-refractivity contribution in [2.45, 2.75) is 52.4 Å². The van der Waals surface area contributed by atoms with Crippen molar-refractivity contribution in [1.82, 2.24) is 24.1 Å². The Bertz CT molecular complexity index is 5710. The molecule has 0 saturated carbocycles. The van der Waals surface area contributed by atoms with Crippen molar-refractivity contribution in [1.29, 1.82) is 0 Å². The zero-order valence-electron chi connectivity index (χ0n) is 58.3. The second-order valence-corrected chi connectivity index (χ2v) is 36.8. The normalized spacial score (nSPS) is 12.2. The summed E-state index contributed by atoms with van der Waals surface area (Å²) in [5.41, 5.74) is 14.2. The molecule has 0 aliphatic rings. The average Bonchev–Trinajstić information content (AvgIpc) is 0.916. The summed E-state index contributed by atoms with van der Waals surface area (Å²) in [5.74, 6) is 1.61. The largest absolute Gasteiger partial charge is 0.278 e. The molecule has 5 nitrogen and oxygen atoms in total. The third-order valence-corrected chi connectivity index (χ3v) is 30.4. The lowest BCUT2D eigenvalue weighted by Crippen LogP contribution is -2.78. The molecule has 0 unspecified atom stereocenters. The lowest BCUT2D eigenvalue weighted by molar-refractivity contribution is 0.590. The van der Waals surface area contributed by atoms with E-state index in [2.05, 4.69) is 409 Å². The van der Waals surface area contributed by atoms with Gasteiger partial charge in [0, 0.05) is 27.1 Å². The van der Waals surface area contributed by atoms with Crippen LogP contribution in [0, 0.1) is 0 Å². The maximum absolute atomic E-state index is 6.06. The van der Waals surface area contributed by atoms with Crippen LogP contribution in [-0.2, 0) is 10.8 Å². The number of hydrogen-bond donors (Lipinski definition) is 0. The minimum atomic E-state index is -3.65. The third-order valence-electron chi connectivity index (χ3n) is 21.0. The summed E-state index contributed by atoms with van der Waals surface area (Å²) < 4.78 is 4.58. The summed E-state index contributed by atoms with van der Waals surface area (Å²) in [6, 6.07) is 134. The highest BCUT2D eigenvalue weighted by Gasteiger charge is 2.47. The average molecular weight is 1340 g/mol. The molecule has 17 rings (SSSR count). The number of rotatable bonds is 14. The molecule has 0 aliphatic heterocycles. The highest BCUT2D eigenvalue weighted by atomic mass is 28.3. The minimum absolute atomic E-state index is 0.109. The van der Waals surface area contributed by atoms with Gasteiger partial charge in [-0.1, -0.05) is 363 Å². The molecule has 7 heteroatoms. The SMILES string of the molecule is CC(C)(C)c1ccc2c(c1)c1cc(C(C)(C)C)ccc1n2-c1nc(-c2cc([Si](c3ccccc3)(c3ccccc3)c3cccc(-c4ccccc4)c3)cc([Si](c3ccccc3)(c3cccc(-c4ccccc4)c3)c3cccc(-c4ccccc4)c3)c2)nc(-n2c3ccccc3c3ccccc32)n1. The van der Waals surface area contributed by atoms with Gasteiger partial charge in [-0.25, -0.2) is 0 Å². The fourth-order valence-electron chi connectivity index (χ4n) is 15.9. The van der Waals surface area contributed by atoms with Crippen LogP contribution in [0.4, 0.5) is 0 Å². The molecule has 0 amide bonds. The van der Waals surface area contributed by atoms with Gasteiger partial charge in [0.2, 0.25) is 11.9 Å². The van der Waals surface area contributed by atoms with Gasteiger partial charge in [0.25, 0.3) is 0 Å². The van der Waals surface area contributed by atoms with Gasteiger partial charge < -0.3 is 0 Å². The molecule has 14 aromatic carbocycles. The van der Waals surface area contributed by atoms with E-state index in [1.807, 2.05) is 0 Å². The van der Waals surface area contributed by atoms with E-state index in [1.54, 1.807) is 0 Å². The van der Waals surface area contributed by atoms with Crippen LogP contribution in [0.5, 0.6) is 0 Å². The van der Waals surface area contributed by atoms with Crippen molar-refractivity contribution < 1.29 is 0 Å². The second kappa shape index (κ2) is 25.7. The maximum atomic E-state index is 6.06. The Hall–Kier alpha value is -11.9. The molecule has 0 spiro atoms. The molecule has 0 radical (unpaired) electrons. The predicted octanol–water partition coefficient (Wildman–Crippen LogP) is 18.1. The molecule has 102 heavy (non-hydrogen) atoms. The van der Waals surface area contributed by atoms with Crippen molar-refractivity contribution in [3.63, 3.8) is 0 Å². The van der Waals surface area contributed by atoms with E-state index in [9.17, 15) is 0 Å². The van der Waals surface area contributed by atoms with Gasteiger partial charge in [0.05, 0.1) is 22.1 Å². The minimum Gasteiger partial charge on any atom is -0.278 e. The standard InChI is InChI=1S/C95H77N5Si2/c1-94(2,3)73-54-56-89-85(63-73)86-64-74(95(4,5)6)55-57-90(86)100(89)93-97-91(96-92(98-93)99-87-52-27-25-50-83(87)84-51-26-28-53-88(84)99)72-61-81(101(75-41-19-10-20-42-75,76-43-21-11-22-44-76)78-47-29-38-69(58-78)66-32-13-7-14-33-66)65-82(62-72)102(77-45-23-12-24-46-77,79-48-30-39-70(59-79)67-34-15-8-16-35-67)80-49-31-40-71(60-80)68-36-17-9-18-37-68/h7-65H,1-6H3. The predicted molar refractivity (Wildman–Crippen MR) is 435 cm³/mol. The van der Waals surface area contributed by atoms with Crippen molar-refractivity contribution >= 4 is 101 Å². The molecule has 0 saturated heterocycles. The van der Waals surface area contributed by atoms with E-state index in [1.165, 1.54) is 52.6 Å². The lowest BCUT2D eigenvalue weighted by atomic mass is 9.85. The van der Waals surface area contributed by atoms with Gasteiger partial charge in [-0.2, -0.15) is 15.0 Å². The molecule has 0 bridgehead atoms. The quantitative estimate of drug-likeness (QED) is 0.0805. The number of nitrogens with zero attached hydrogens (tertiary/aromatic N) is 5. The first-order chi connectivity index (χ1) is 49.8. The van der Waals surface area contributed by atoms with Crippen LogP contribution in [0.25, 0.3) is 100 Å². The van der Waals surface area contributed by atoms with Crippen LogP contribution in [0.1, 0.15) is 52.7 Å². The van der Waals surface area contributed by atoms with Gasteiger partial charge >= 0.3 is 0 Å². The van der Waals surface area contributed by atoms with Gasteiger partial charge in [-0.3, -0.25) is 9.13 Å². The van der Waals surface area contributed by atoms with Crippen LogP contribution in [-0.4, -0.2) is 40.2 Å². The van der Waals surface area contributed by atoms with Crippen molar-refractivity contribution in [3.05, 3.63) is 369 Å². The Morgan fingerprint density at radius 1 is 0.216 bits per heavy atom. The van der Waals surface area contributed by atoms with Crippen LogP contribution >= 0.6 is 0 Å². The van der Waals surface area contributed by atoms with Crippen molar-refractivity contribution in [2.24, 2.45) is 0 Å². The highest BCUT2D eigenvalue weighted by Crippen LogP contribution is 2.39. The number of para-hydroxylation sites is 2. The maximum Gasteiger partial charge on any atom is 0.240 e. The summed E-state index contributed by atoms with van der Waals surface area (Å²) in [6.45, 7) is 13.8. The molecule has 0 fully saturated rings. The number of benzene rings is 14. The highest BCUT2D eigenvalue weighted by molar-refractivity contribution is 7.22. The summed E-state index contributed by atoms with van der Waals surface area (Å²) in [7, 11) is -7.20. The smallest absolute Gasteiger partial charge is 0.240 e. The van der Waals surface area contributed by atoms with E-state index in [4.69, 9.17) is 15.0 Å². The Morgan fingerprint density at radius 2 is 0.500 bits per heavy atom. The molecule has 17 aromatic rings. The Morgan fingerprint density at radius 3 is 0.853 bits per heavy atom. The molecule has 0 aliphatic carbocycles. The van der Waals surface area contributed by atoms with Crippen LogP contribution in [0.2, 0.25) is 0 Å². The van der Waals surface area contributed by atoms with Crippen LogP contribution in [0.15, 0.2) is 358 Å². The fourth-order valence-corrected chi connectivity index (χ4v) is 25.8. The van der Waals surface area contributed by atoms with Crippen LogP contribution < -0.4 is 41.5 Å². The Balaban J connectivity index is 1.07. The first kappa shape index (κ1) is 63.6. The zero-order valence-corrected chi connectivity index (χ0v) is 60.3. The molecule has 490 valence electrons. The van der Waals surface area contributed by atoms with Gasteiger partial charge in [0.15, 0.2) is 22.0 Å². The van der Waals surface area contributed by atoms with Crippen LogP contribution in [0.3, 0.4) is 0 Å².